The zero-order valence-electron chi connectivity index (χ0n) is 17.1. The lowest BCUT2D eigenvalue weighted by atomic mass is 10.2. The lowest BCUT2D eigenvalue weighted by Gasteiger charge is -2.12. The van der Waals surface area contributed by atoms with Crippen molar-refractivity contribution in [3.05, 3.63) is 29.8 Å². The Morgan fingerprint density at radius 3 is 2.75 bits per heavy atom. The molecular formula is C21H34N4O3. The Morgan fingerprint density at radius 2 is 2.00 bits per heavy atom. The first-order valence-corrected chi connectivity index (χ1v) is 10.3. The quantitative estimate of drug-likeness (QED) is 0.273. The summed E-state index contributed by atoms with van der Waals surface area (Å²) in [5.41, 5.74) is 1.03. The maximum absolute atomic E-state index is 11.5. The molecule has 3 N–H and O–H groups in total. The molecule has 1 fully saturated rings. The molecule has 0 aromatic heterocycles. The standard InChI is InChI=1S/C21H34N4O3/c1-3-22-20(26)16-28-19-8-5-7-18(13-19)14-25-21(23-4-2)24-11-6-12-27-15-17-9-10-17/h5,7-8,13,17H,3-4,6,9-12,14-16H2,1-2H3,(H,22,26)(H2,23,24,25). The van der Waals surface area contributed by atoms with Crippen LogP contribution in [-0.2, 0) is 16.1 Å². The van der Waals surface area contributed by atoms with Crippen LogP contribution in [-0.4, -0.2) is 51.3 Å². The monoisotopic (exact) mass is 390 g/mol. The lowest BCUT2D eigenvalue weighted by molar-refractivity contribution is -0.122. The molecule has 156 valence electrons. The van der Waals surface area contributed by atoms with Gasteiger partial charge < -0.3 is 25.4 Å². The molecule has 2 rings (SSSR count). The van der Waals surface area contributed by atoms with Crippen LogP contribution in [0.3, 0.4) is 0 Å². The molecule has 1 aromatic rings. The smallest absolute Gasteiger partial charge is 0.257 e. The Bertz CT molecular complexity index is 617. The summed E-state index contributed by atoms with van der Waals surface area (Å²) >= 11 is 0. The number of amides is 1. The van der Waals surface area contributed by atoms with Gasteiger partial charge in [-0.05, 0) is 56.7 Å². The lowest BCUT2D eigenvalue weighted by Crippen LogP contribution is -2.38. The van der Waals surface area contributed by atoms with Gasteiger partial charge in [-0.3, -0.25) is 4.79 Å². The van der Waals surface area contributed by atoms with Gasteiger partial charge in [-0.1, -0.05) is 12.1 Å². The summed E-state index contributed by atoms with van der Waals surface area (Å²) in [6.07, 6.45) is 3.61. The van der Waals surface area contributed by atoms with Crippen LogP contribution in [0.1, 0.15) is 38.7 Å². The number of ether oxygens (including phenoxy) is 2. The van der Waals surface area contributed by atoms with Crippen LogP contribution < -0.4 is 20.7 Å². The van der Waals surface area contributed by atoms with E-state index in [2.05, 4.69) is 20.9 Å². The minimum atomic E-state index is -0.120. The first kappa shape index (κ1) is 22.0. The predicted molar refractivity (Wildman–Crippen MR) is 112 cm³/mol. The second kappa shape index (κ2) is 13.0. The Morgan fingerprint density at radius 1 is 1.18 bits per heavy atom. The number of nitrogens with zero attached hydrogens (tertiary/aromatic N) is 1. The first-order chi connectivity index (χ1) is 13.7. The third-order valence-electron chi connectivity index (χ3n) is 4.21. The van der Waals surface area contributed by atoms with E-state index in [-0.39, 0.29) is 12.5 Å². The molecular weight excluding hydrogens is 356 g/mol. The summed E-state index contributed by atoms with van der Waals surface area (Å²) in [5.74, 6) is 2.15. The third kappa shape index (κ3) is 9.60. The van der Waals surface area contributed by atoms with Crippen molar-refractivity contribution in [3.8, 4) is 5.75 Å². The van der Waals surface area contributed by atoms with E-state index in [0.29, 0.717) is 18.8 Å². The molecule has 0 atom stereocenters. The highest BCUT2D eigenvalue weighted by Gasteiger charge is 2.20. The molecule has 7 heteroatoms. The Balaban J connectivity index is 1.73. The number of aliphatic imine (C=N–C) groups is 1. The number of guanidine groups is 1. The molecule has 1 saturated carbocycles. The van der Waals surface area contributed by atoms with Crippen LogP contribution in [0.25, 0.3) is 0 Å². The number of rotatable bonds is 13. The number of carbonyl (C=O) groups is 1. The van der Waals surface area contributed by atoms with Crippen LogP contribution in [0.2, 0.25) is 0 Å². The number of nitrogens with one attached hydrogen (secondary N) is 3. The average Bonchev–Trinajstić information content (AvgIpc) is 3.52. The van der Waals surface area contributed by atoms with E-state index in [4.69, 9.17) is 9.47 Å². The van der Waals surface area contributed by atoms with Gasteiger partial charge in [0.25, 0.3) is 5.91 Å². The molecule has 1 aliphatic carbocycles. The molecule has 28 heavy (non-hydrogen) atoms. The van der Waals surface area contributed by atoms with Gasteiger partial charge in [0.15, 0.2) is 12.6 Å². The molecule has 0 aliphatic heterocycles. The highest BCUT2D eigenvalue weighted by Crippen LogP contribution is 2.28. The molecule has 1 aromatic carbocycles. The summed E-state index contributed by atoms with van der Waals surface area (Å²) in [7, 11) is 0. The van der Waals surface area contributed by atoms with Crippen LogP contribution in [0.5, 0.6) is 5.75 Å². The van der Waals surface area contributed by atoms with Crippen molar-refractivity contribution in [2.24, 2.45) is 10.9 Å². The molecule has 0 spiro atoms. The normalized spacial score (nSPS) is 13.9. The molecule has 1 amide bonds. The van der Waals surface area contributed by atoms with Crippen LogP contribution in [0, 0.1) is 5.92 Å². The van der Waals surface area contributed by atoms with Crippen molar-refractivity contribution in [1.82, 2.24) is 16.0 Å². The third-order valence-corrected chi connectivity index (χ3v) is 4.21. The summed E-state index contributed by atoms with van der Waals surface area (Å²) in [6.45, 7) is 8.41. The van der Waals surface area contributed by atoms with Crippen LogP contribution >= 0.6 is 0 Å². The van der Waals surface area contributed by atoms with Gasteiger partial charge >= 0.3 is 0 Å². The topological polar surface area (TPSA) is 84.0 Å². The minimum absolute atomic E-state index is 0.0214. The minimum Gasteiger partial charge on any atom is -0.484 e. The fourth-order valence-electron chi connectivity index (χ4n) is 2.56. The number of carbonyl (C=O) groups excluding carboxylic acids is 1. The van der Waals surface area contributed by atoms with E-state index >= 15 is 0 Å². The fourth-order valence-corrected chi connectivity index (χ4v) is 2.56. The maximum atomic E-state index is 11.5. The number of benzene rings is 1. The van der Waals surface area contributed by atoms with E-state index in [1.54, 1.807) is 0 Å². The molecule has 1 aliphatic rings. The summed E-state index contributed by atoms with van der Waals surface area (Å²) in [6, 6.07) is 7.67. The summed E-state index contributed by atoms with van der Waals surface area (Å²) in [5, 5.41) is 9.31. The van der Waals surface area contributed by atoms with Gasteiger partial charge in [0.2, 0.25) is 0 Å². The van der Waals surface area contributed by atoms with Crippen LogP contribution in [0.4, 0.5) is 0 Å². The highest BCUT2D eigenvalue weighted by atomic mass is 16.5. The van der Waals surface area contributed by atoms with E-state index in [9.17, 15) is 4.79 Å². The van der Waals surface area contributed by atoms with Gasteiger partial charge in [0, 0.05) is 32.8 Å². The van der Waals surface area contributed by atoms with Crippen LogP contribution in [0.15, 0.2) is 29.3 Å². The Kier molecular flexibility index (Phi) is 10.2. The molecule has 0 radical (unpaired) electrons. The SMILES string of the molecule is CCNC(=O)COc1cccc(CN=C(NCC)NCCCOCC2CC2)c1. The Labute approximate surface area is 168 Å². The van der Waals surface area contributed by atoms with E-state index in [1.807, 2.05) is 38.1 Å². The maximum Gasteiger partial charge on any atom is 0.257 e. The van der Waals surface area contributed by atoms with Gasteiger partial charge in [-0.2, -0.15) is 0 Å². The van der Waals surface area contributed by atoms with Crippen molar-refractivity contribution >= 4 is 11.9 Å². The van der Waals surface area contributed by atoms with Gasteiger partial charge in [0.05, 0.1) is 6.54 Å². The molecule has 0 heterocycles. The van der Waals surface area contributed by atoms with Crippen molar-refractivity contribution in [1.29, 1.82) is 0 Å². The average molecular weight is 391 g/mol. The summed E-state index contributed by atoms with van der Waals surface area (Å²) < 4.78 is 11.2. The van der Waals surface area contributed by atoms with Gasteiger partial charge in [-0.15, -0.1) is 0 Å². The predicted octanol–water partition coefficient (Wildman–Crippen LogP) is 2.07. The van der Waals surface area contributed by atoms with Crippen molar-refractivity contribution < 1.29 is 14.3 Å². The summed E-state index contributed by atoms with van der Waals surface area (Å²) in [4.78, 5) is 16.1. The van der Waals surface area contributed by atoms with E-state index in [0.717, 1.165) is 50.2 Å². The van der Waals surface area contributed by atoms with Gasteiger partial charge in [0.1, 0.15) is 5.75 Å². The second-order valence-electron chi connectivity index (χ2n) is 6.88. The second-order valence-corrected chi connectivity index (χ2v) is 6.88. The Hall–Kier alpha value is -2.28. The first-order valence-electron chi connectivity index (χ1n) is 10.3. The number of likely N-dealkylation sites (N-methyl/N-ethyl adjacent to an activating group) is 1. The largest absolute Gasteiger partial charge is 0.484 e. The van der Waals surface area contributed by atoms with Crippen molar-refractivity contribution in [3.63, 3.8) is 0 Å². The molecule has 7 nitrogen and oxygen atoms in total. The number of hydrogen-bond donors (Lipinski definition) is 3. The fraction of sp³-hybridized carbons (Fsp3) is 0.619. The molecule has 0 unspecified atom stereocenters. The number of hydrogen-bond acceptors (Lipinski definition) is 4. The molecule has 0 saturated heterocycles. The van der Waals surface area contributed by atoms with Crippen molar-refractivity contribution in [2.45, 2.75) is 39.7 Å². The molecule has 0 bridgehead atoms. The zero-order chi connectivity index (χ0) is 20.0. The van der Waals surface area contributed by atoms with E-state index in [1.165, 1.54) is 12.8 Å². The van der Waals surface area contributed by atoms with Crippen molar-refractivity contribution in [2.75, 3.05) is 39.5 Å². The highest BCUT2D eigenvalue weighted by molar-refractivity contribution is 5.79. The zero-order valence-corrected chi connectivity index (χ0v) is 17.1. The van der Waals surface area contributed by atoms with E-state index < -0.39 is 0 Å². The van der Waals surface area contributed by atoms with Gasteiger partial charge in [-0.25, -0.2) is 4.99 Å².